The smallest absolute Gasteiger partial charge is 0.319 e. The van der Waals surface area contributed by atoms with Crippen molar-refractivity contribution in [3.05, 3.63) is 65.7 Å². The number of carbonyl (C=O) groups is 2. The van der Waals surface area contributed by atoms with Gasteiger partial charge in [0.1, 0.15) is 0 Å². The number of thioether (sulfide) groups is 1. The number of hydrogen-bond acceptors (Lipinski definition) is 4. The number of esters is 1. The molecule has 0 fully saturated rings. The average molecular weight is 387 g/mol. The Labute approximate surface area is 164 Å². The van der Waals surface area contributed by atoms with Gasteiger partial charge in [-0.05, 0) is 43.0 Å². The van der Waals surface area contributed by atoms with Crippen LogP contribution in [0.5, 0.6) is 0 Å². The number of anilines is 1. The third-order valence-corrected chi connectivity index (χ3v) is 4.96. The van der Waals surface area contributed by atoms with Crippen LogP contribution < -0.4 is 10.6 Å². The minimum atomic E-state index is -0.238. The van der Waals surface area contributed by atoms with Crippen molar-refractivity contribution in [3.63, 3.8) is 0 Å². The molecule has 0 aromatic heterocycles. The van der Waals surface area contributed by atoms with Gasteiger partial charge in [-0.3, -0.25) is 4.79 Å². The van der Waals surface area contributed by atoms with Crippen LogP contribution in [0.25, 0.3) is 0 Å². The van der Waals surface area contributed by atoms with Crippen LogP contribution in [-0.2, 0) is 21.7 Å². The van der Waals surface area contributed by atoms with E-state index in [1.54, 1.807) is 0 Å². The lowest BCUT2D eigenvalue weighted by molar-refractivity contribution is -0.137. The summed E-state index contributed by atoms with van der Waals surface area (Å²) in [6.45, 7) is 2.00. The summed E-state index contributed by atoms with van der Waals surface area (Å²) in [5, 5.41) is 5.84. The second-order valence-corrected chi connectivity index (χ2v) is 7.28. The molecule has 0 aliphatic heterocycles. The van der Waals surface area contributed by atoms with E-state index >= 15 is 0 Å². The lowest BCUT2D eigenvalue weighted by Crippen LogP contribution is -2.36. The first-order valence-corrected chi connectivity index (χ1v) is 10.1. The van der Waals surface area contributed by atoms with Crippen molar-refractivity contribution in [3.8, 4) is 0 Å². The van der Waals surface area contributed by atoms with E-state index in [4.69, 9.17) is 0 Å². The minimum Gasteiger partial charge on any atom is -0.468 e. The molecule has 2 N–H and O–H groups in total. The monoisotopic (exact) mass is 386 g/mol. The lowest BCUT2D eigenvalue weighted by atomic mass is 10.1. The van der Waals surface area contributed by atoms with Crippen LogP contribution in [0, 0.1) is 0 Å². The number of carbonyl (C=O) groups excluding carboxylic acids is 2. The van der Waals surface area contributed by atoms with Crippen LogP contribution in [0.3, 0.4) is 0 Å². The number of amides is 2. The molecule has 0 saturated heterocycles. The van der Waals surface area contributed by atoms with Gasteiger partial charge in [0.05, 0.1) is 12.9 Å². The van der Waals surface area contributed by atoms with Gasteiger partial charge in [-0.25, -0.2) is 4.79 Å². The summed E-state index contributed by atoms with van der Waals surface area (Å²) in [6, 6.07) is 17.7. The van der Waals surface area contributed by atoms with Gasteiger partial charge >= 0.3 is 12.0 Å². The summed E-state index contributed by atoms with van der Waals surface area (Å²) in [7, 11) is 1.38. The van der Waals surface area contributed by atoms with E-state index in [2.05, 4.69) is 27.5 Å². The minimum absolute atomic E-state index is 0.0731. The maximum Gasteiger partial charge on any atom is 0.319 e. The highest BCUT2D eigenvalue weighted by atomic mass is 32.2. The summed E-state index contributed by atoms with van der Waals surface area (Å²) in [5.74, 6) is 0.756. The fourth-order valence-corrected chi connectivity index (χ4v) is 3.34. The van der Waals surface area contributed by atoms with E-state index in [0.29, 0.717) is 11.5 Å². The summed E-state index contributed by atoms with van der Waals surface area (Å²) in [5.41, 5.74) is 3.04. The Morgan fingerprint density at radius 3 is 2.56 bits per heavy atom. The quantitative estimate of drug-likeness (QED) is 0.633. The van der Waals surface area contributed by atoms with Crippen molar-refractivity contribution < 1.29 is 14.3 Å². The third-order valence-electron chi connectivity index (χ3n) is 3.99. The number of methoxy groups -OCH3 is 1. The molecule has 2 aromatic rings. The molecule has 27 heavy (non-hydrogen) atoms. The fourth-order valence-electron chi connectivity index (χ4n) is 2.54. The molecule has 0 spiro atoms. The van der Waals surface area contributed by atoms with Gasteiger partial charge in [0.2, 0.25) is 0 Å². The molecule has 0 aliphatic rings. The largest absolute Gasteiger partial charge is 0.468 e. The molecule has 2 aromatic carbocycles. The Bertz CT molecular complexity index is 737. The highest BCUT2D eigenvalue weighted by Gasteiger charge is 2.08. The van der Waals surface area contributed by atoms with Gasteiger partial charge < -0.3 is 15.4 Å². The number of nitrogens with one attached hydrogen (secondary N) is 2. The van der Waals surface area contributed by atoms with Crippen LogP contribution in [0.1, 0.15) is 24.5 Å². The molecule has 1 unspecified atom stereocenters. The highest BCUT2D eigenvalue weighted by Crippen LogP contribution is 2.17. The Kier molecular flexibility index (Phi) is 8.71. The van der Waals surface area contributed by atoms with Gasteiger partial charge in [0.15, 0.2) is 0 Å². The van der Waals surface area contributed by atoms with E-state index in [1.807, 2.05) is 49.4 Å². The molecule has 0 aliphatic carbocycles. The predicted molar refractivity (Wildman–Crippen MR) is 111 cm³/mol. The van der Waals surface area contributed by atoms with Gasteiger partial charge in [-0.15, -0.1) is 11.8 Å². The maximum atomic E-state index is 12.2. The first-order valence-electron chi connectivity index (χ1n) is 8.91. The molecule has 5 nitrogen and oxygen atoms in total. The molecule has 2 rings (SSSR count). The number of aryl methyl sites for hydroxylation is 1. The number of hydrogen-bond donors (Lipinski definition) is 2. The maximum absolute atomic E-state index is 12.2. The fraction of sp³-hybridized carbons (Fsp3) is 0.333. The molecule has 6 heteroatoms. The van der Waals surface area contributed by atoms with Crippen molar-refractivity contribution in [1.29, 1.82) is 0 Å². The SMILES string of the molecule is COC(=O)CSCc1cccc(NC(=O)NC(C)CCc2ccccc2)c1. The summed E-state index contributed by atoms with van der Waals surface area (Å²) < 4.78 is 4.62. The molecular weight excluding hydrogens is 360 g/mol. The van der Waals surface area contributed by atoms with E-state index < -0.39 is 0 Å². The summed E-state index contributed by atoms with van der Waals surface area (Å²) in [6.07, 6.45) is 1.80. The molecule has 1 atom stereocenters. The second kappa shape index (κ2) is 11.3. The lowest BCUT2D eigenvalue weighted by Gasteiger charge is -2.15. The van der Waals surface area contributed by atoms with Gasteiger partial charge in [-0.1, -0.05) is 42.5 Å². The molecule has 144 valence electrons. The molecule has 0 radical (unpaired) electrons. The molecule has 0 heterocycles. The number of urea groups is 1. The zero-order valence-corrected chi connectivity index (χ0v) is 16.6. The van der Waals surface area contributed by atoms with Crippen molar-refractivity contribution in [2.24, 2.45) is 0 Å². The first kappa shape index (κ1) is 20.8. The topological polar surface area (TPSA) is 67.4 Å². The van der Waals surface area contributed by atoms with Crippen LogP contribution in [0.4, 0.5) is 10.5 Å². The van der Waals surface area contributed by atoms with Crippen molar-refractivity contribution in [2.45, 2.75) is 31.6 Å². The number of benzene rings is 2. The molecule has 2 amide bonds. The van der Waals surface area contributed by atoms with Crippen molar-refractivity contribution >= 4 is 29.4 Å². The van der Waals surface area contributed by atoms with Crippen molar-refractivity contribution in [2.75, 3.05) is 18.2 Å². The summed E-state index contributed by atoms with van der Waals surface area (Å²) in [4.78, 5) is 23.4. The van der Waals surface area contributed by atoms with Crippen LogP contribution in [0.2, 0.25) is 0 Å². The Hall–Kier alpha value is -2.47. The van der Waals surface area contributed by atoms with E-state index in [9.17, 15) is 9.59 Å². The number of ether oxygens (including phenoxy) is 1. The highest BCUT2D eigenvalue weighted by molar-refractivity contribution is 7.99. The average Bonchev–Trinajstić information content (AvgIpc) is 2.67. The van der Waals surface area contributed by atoms with Crippen LogP contribution in [-0.4, -0.2) is 30.9 Å². The van der Waals surface area contributed by atoms with Gasteiger partial charge in [-0.2, -0.15) is 0 Å². The molecule has 0 bridgehead atoms. The van der Waals surface area contributed by atoms with Crippen molar-refractivity contribution in [1.82, 2.24) is 5.32 Å². The zero-order chi connectivity index (χ0) is 19.5. The molecular formula is C21H26N2O3S. The van der Waals surface area contributed by atoms with E-state index in [0.717, 1.165) is 24.1 Å². The standard InChI is InChI=1S/C21H26N2O3S/c1-16(11-12-17-7-4-3-5-8-17)22-21(25)23-19-10-6-9-18(13-19)14-27-15-20(24)26-2/h3-10,13,16H,11-12,14-15H2,1-2H3,(H2,22,23,25). The van der Waals surface area contributed by atoms with E-state index in [-0.39, 0.29) is 18.0 Å². The zero-order valence-electron chi connectivity index (χ0n) is 15.7. The summed E-state index contributed by atoms with van der Waals surface area (Å²) >= 11 is 1.48. The Balaban J connectivity index is 1.75. The van der Waals surface area contributed by atoms with Gasteiger partial charge in [0.25, 0.3) is 0 Å². The van der Waals surface area contributed by atoms with Gasteiger partial charge in [0, 0.05) is 17.5 Å². The Morgan fingerprint density at radius 1 is 1.07 bits per heavy atom. The van der Waals surface area contributed by atoms with Crippen LogP contribution in [0.15, 0.2) is 54.6 Å². The third kappa shape index (κ3) is 8.17. The molecule has 0 saturated carbocycles. The Morgan fingerprint density at radius 2 is 1.81 bits per heavy atom. The first-order chi connectivity index (χ1) is 13.1. The second-order valence-electron chi connectivity index (χ2n) is 6.29. The van der Waals surface area contributed by atoms with E-state index in [1.165, 1.54) is 24.4 Å². The van der Waals surface area contributed by atoms with Crippen LogP contribution >= 0.6 is 11.8 Å². The predicted octanol–water partition coefficient (Wildman–Crippen LogP) is 4.24. The number of rotatable bonds is 9. The normalized spacial score (nSPS) is 11.5.